The fourth-order valence-electron chi connectivity index (χ4n) is 6.61. The molecule has 57 heavy (non-hydrogen) atoms. The summed E-state index contributed by atoms with van der Waals surface area (Å²) in [6, 6.07) is 6.14. The highest BCUT2D eigenvalue weighted by Crippen LogP contribution is 2.37. The van der Waals surface area contributed by atoms with Gasteiger partial charge in [0.15, 0.2) is 19.7 Å². The van der Waals surface area contributed by atoms with E-state index in [0.717, 1.165) is 50.5 Å². The third kappa shape index (κ3) is 16.9. The van der Waals surface area contributed by atoms with Crippen LogP contribution in [-0.4, -0.2) is 99.2 Å². The molecule has 12 heteroatoms. The Bertz CT molecular complexity index is 1460. The van der Waals surface area contributed by atoms with Gasteiger partial charge in [0.2, 0.25) is 11.8 Å². The fourth-order valence-corrected chi connectivity index (χ4v) is 7.66. The Morgan fingerprint density at radius 2 is 1.58 bits per heavy atom. The van der Waals surface area contributed by atoms with Gasteiger partial charge in [-0.05, 0) is 68.4 Å². The van der Waals surface area contributed by atoms with E-state index in [0.29, 0.717) is 25.4 Å². The fraction of sp³-hybridized carbons (Fsp3) is 0.711. The molecule has 3 N–H and O–H groups in total. The topological polar surface area (TPSA) is 144 Å². The van der Waals surface area contributed by atoms with Crippen LogP contribution in [0, 0.1) is 17.8 Å². The van der Waals surface area contributed by atoms with Crippen molar-refractivity contribution in [3.05, 3.63) is 42.0 Å². The first-order valence-electron chi connectivity index (χ1n) is 21.1. The van der Waals surface area contributed by atoms with E-state index in [1.807, 2.05) is 12.1 Å². The summed E-state index contributed by atoms with van der Waals surface area (Å²) in [5.41, 5.74) is -1.72. The normalized spacial score (nSPS) is 16.3. The number of carbonyl (C=O) groups is 3. The number of hydrogen-bond donors (Lipinski definition) is 3. The minimum absolute atomic E-state index is 0.0388. The Morgan fingerprint density at radius 3 is 2.12 bits per heavy atom. The van der Waals surface area contributed by atoms with Crippen molar-refractivity contribution in [2.75, 3.05) is 40.5 Å². The van der Waals surface area contributed by atoms with Gasteiger partial charge in [-0.15, -0.1) is 5.92 Å². The summed E-state index contributed by atoms with van der Waals surface area (Å²) in [7, 11) is 0.903. The zero-order chi connectivity index (χ0) is 42.5. The van der Waals surface area contributed by atoms with Crippen LogP contribution in [0.15, 0.2) is 36.4 Å². The van der Waals surface area contributed by atoms with Crippen molar-refractivity contribution in [3.63, 3.8) is 0 Å². The summed E-state index contributed by atoms with van der Waals surface area (Å²) in [6.07, 6.45) is 15.2. The second kappa shape index (κ2) is 24.6. The van der Waals surface area contributed by atoms with Crippen molar-refractivity contribution < 1.29 is 43.2 Å². The molecule has 0 spiro atoms. The van der Waals surface area contributed by atoms with Gasteiger partial charge in [-0.2, -0.15) is 0 Å². The van der Waals surface area contributed by atoms with Crippen LogP contribution in [0.25, 0.3) is 0 Å². The van der Waals surface area contributed by atoms with E-state index in [-0.39, 0.29) is 37.0 Å². The molecule has 1 aromatic carbocycles. The van der Waals surface area contributed by atoms with Crippen LogP contribution < -0.4 is 10.1 Å². The molecule has 1 aliphatic rings. The lowest BCUT2D eigenvalue weighted by Crippen LogP contribution is -2.56. The Labute approximate surface area is 344 Å². The predicted octanol–water partition coefficient (Wildman–Crippen LogP) is 8.05. The first kappa shape index (κ1) is 49.9. The second-order valence-corrected chi connectivity index (χ2v) is 21.9. The molecule has 0 unspecified atom stereocenters. The third-order valence-corrected chi connectivity index (χ3v) is 15.8. The van der Waals surface area contributed by atoms with Crippen LogP contribution in [-0.2, 0) is 34.7 Å². The molecule has 0 saturated carbocycles. The van der Waals surface area contributed by atoms with Crippen LogP contribution in [0.1, 0.15) is 124 Å². The Balaban J connectivity index is 2.20. The minimum Gasteiger partial charge on any atom is -0.481 e. The molecule has 11 nitrogen and oxygen atoms in total. The van der Waals surface area contributed by atoms with Crippen molar-refractivity contribution in [2.24, 2.45) is 5.92 Å². The standard InChI is InChI=1S/C45H74N2O9Si/c1-10-12-14-18-21-28-44(54-33-34-55-44)29-22-19-16-15-17-20-23-38(45(52,42(50)51)30-32-56-57(8,9)43(3,4)5)40(48)46-39(41(49)47(6)7)35-36-24-26-37(27-25-36)53-31-13-11-2/h20,23-27,38-39,52H,10,12,14-19,21-22,28-35H2,1-9H3,(H,46,48)(H,50,51)/t38-,39+,45+/m1/s1. The van der Waals surface area contributed by atoms with Gasteiger partial charge in [-0.25, -0.2) is 4.79 Å². The number of carboxylic acids is 1. The quantitative estimate of drug-likeness (QED) is 0.0348. The second-order valence-electron chi connectivity index (χ2n) is 17.1. The largest absolute Gasteiger partial charge is 0.481 e. The summed E-state index contributed by atoms with van der Waals surface area (Å²) in [6.45, 7) is 15.8. The van der Waals surface area contributed by atoms with E-state index in [1.165, 1.54) is 36.7 Å². The van der Waals surface area contributed by atoms with Crippen molar-refractivity contribution in [1.82, 2.24) is 10.2 Å². The number of carboxylic acid groups (broad SMARTS) is 1. The third-order valence-electron chi connectivity index (χ3n) is 11.3. The van der Waals surface area contributed by atoms with Gasteiger partial charge < -0.3 is 39.1 Å². The highest BCUT2D eigenvalue weighted by atomic mass is 28.4. The van der Waals surface area contributed by atoms with E-state index >= 15 is 0 Å². The molecule has 2 rings (SSSR count). The SMILES string of the molecule is CC#CCOc1ccc(C[C@H](NC(=O)[C@@H](C=CCCCCCCC2(CCCCCCC)OCCO2)[C@@](O)(CCO[Si](C)(C)C(C)(C)C)C(=O)O)C(=O)N(C)C)cc1. The molecule has 3 atom stereocenters. The molecule has 1 heterocycles. The predicted molar refractivity (Wildman–Crippen MR) is 228 cm³/mol. The monoisotopic (exact) mass is 815 g/mol. The van der Waals surface area contributed by atoms with Gasteiger partial charge in [0.05, 0.1) is 19.1 Å². The van der Waals surface area contributed by atoms with Crippen molar-refractivity contribution in [2.45, 2.75) is 160 Å². The van der Waals surface area contributed by atoms with Gasteiger partial charge in [0.25, 0.3) is 0 Å². The number of ether oxygens (including phenoxy) is 3. The van der Waals surface area contributed by atoms with Gasteiger partial charge in [0, 0.05) is 46.4 Å². The molecule has 0 bridgehead atoms. The summed E-state index contributed by atoms with van der Waals surface area (Å²) < 4.78 is 24.0. The summed E-state index contributed by atoms with van der Waals surface area (Å²) in [5, 5.41) is 25.0. The number of aliphatic hydroxyl groups is 1. The average molecular weight is 815 g/mol. The smallest absolute Gasteiger partial charge is 0.336 e. The first-order chi connectivity index (χ1) is 26.9. The Hall–Kier alpha value is -3.21. The molecule has 1 aliphatic heterocycles. The molecular formula is C45H74N2O9Si. The number of nitrogens with one attached hydrogen (secondary N) is 1. The number of hydrogen-bond acceptors (Lipinski definition) is 8. The molecular weight excluding hydrogens is 741 g/mol. The molecule has 322 valence electrons. The Kier molecular flexibility index (Phi) is 21.6. The maximum atomic E-state index is 14.2. The summed E-state index contributed by atoms with van der Waals surface area (Å²) >= 11 is 0. The average Bonchev–Trinajstić information content (AvgIpc) is 3.62. The number of nitrogens with zero attached hydrogens (tertiary/aromatic N) is 1. The van der Waals surface area contributed by atoms with E-state index in [9.17, 15) is 24.6 Å². The van der Waals surface area contributed by atoms with E-state index < -0.39 is 43.5 Å². The number of allylic oxidation sites excluding steroid dienone is 1. The lowest BCUT2D eigenvalue weighted by Gasteiger charge is -2.37. The van der Waals surface area contributed by atoms with Crippen molar-refractivity contribution in [1.29, 1.82) is 0 Å². The van der Waals surface area contributed by atoms with Crippen LogP contribution in [0.4, 0.5) is 0 Å². The highest BCUT2D eigenvalue weighted by Gasteiger charge is 2.48. The number of rotatable bonds is 27. The van der Waals surface area contributed by atoms with Crippen molar-refractivity contribution in [3.8, 4) is 17.6 Å². The number of aliphatic carboxylic acids is 1. The minimum atomic E-state index is -2.48. The van der Waals surface area contributed by atoms with Crippen LogP contribution in [0.2, 0.25) is 18.1 Å². The Morgan fingerprint density at radius 1 is 0.982 bits per heavy atom. The first-order valence-corrected chi connectivity index (χ1v) is 24.0. The lowest BCUT2D eigenvalue weighted by atomic mass is 9.83. The van der Waals surface area contributed by atoms with E-state index in [4.69, 9.17) is 18.6 Å². The lowest BCUT2D eigenvalue weighted by molar-refractivity contribution is -0.168. The maximum absolute atomic E-state index is 14.2. The van der Waals surface area contributed by atoms with E-state index in [2.05, 4.69) is 57.9 Å². The highest BCUT2D eigenvalue weighted by molar-refractivity contribution is 6.74. The zero-order valence-electron chi connectivity index (χ0n) is 36.5. The number of amides is 2. The molecule has 0 aliphatic carbocycles. The van der Waals surface area contributed by atoms with E-state index in [1.54, 1.807) is 39.2 Å². The molecule has 1 saturated heterocycles. The van der Waals surface area contributed by atoms with Gasteiger partial charge in [0.1, 0.15) is 18.4 Å². The number of carbonyl (C=O) groups excluding carboxylic acids is 2. The van der Waals surface area contributed by atoms with Crippen molar-refractivity contribution >= 4 is 26.1 Å². The molecule has 2 amide bonds. The van der Waals surface area contributed by atoms with Gasteiger partial charge >= 0.3 is 5.97 Å². The maximum Gasteiger partial charge on any atom is 0.336 e. The molecule has 1 aromatic rings. The summed E-state index contributed by atoms with van der Waals surface area (Å²) in [5.74, 6) is 1.65. The van der Waals surface area contributed by atoms with Crippen LogP contribution >= 0.6 is 0 Å². The molecule has 0 aromatic heterocycles. The van der Waals surface area contributed by atoms with Crippen LogP contribution in [0.3, 0.4) is 0 Å². The number of benzene rings is 1. The molecule has 1 fully saturated rings. The number of unbranched alkanes of at least 4 members (excludes halogenated alkanes) is 8. The summed E-state index contributed by atoms with van der Waals surface area (Å²) in [4.78, 5) is 41.9. The van der Waals surface area contributed by atoms with Gasteiger partial charge in [-0.3, -0.25) is 9.59 Å². The van der Waals surface area contributed by atoms with Crippen LogP contribution in [0.5, 0.6) is 5.75 Å². The zero-order valence-corrected chi connectivity index (χ0v) is 37.5. The molecule has 0 radical (unpaired) electrons. The number of likely N-dealkylation sites (N-methyl/N-ethyl adjacent to an activating group) is 1. The van der Waals surface area contributed by atoms with Gasteiger partial charge in [-0.1, -0.05) is 96.4 Å².